The van der Waals surface area contributed by atoms with Gasteiger partial charge in [-0.05, 0) is 0 Å². The van der Waals surface area contributed by atoms with Crippen LogP contribution in [0.2, 0.25) is 5.02 Å². The van der Waals surface area contributed by atoms with Gasteiger partial charge in [-0.2, -0.15) is 18.3 Å². The number of H-pyrrole nitrogens is 1. The molecule has 14 heavy (non-hydrogen) atoms. The third-order valence-electron chi connectivity index (χ3n) is 1.15. The minimum absolute atomic E-state index is 0.396. The molecule has 8 heteroatoms. The minimum atomic E-state index is -4.48. The van der Waals surface area contributed by atoms with E-state index in [2.05, 4.69) is 9.84 Å². The Hall–Kier alpha value is -1.24. The average Bonchev–Trinajstić information content (AvgIpc) is 2.06. The van der Waals surface area contributed by atoms with E-state index in [-0.39, 0.29) is 0 Å². The maximum absolute atomic E-state index is 11.7. The van der Waals surface area contributed by atoms with Crippen LogP contribution in [0.4, 0.5) is 13.2 Å². The zero-order chi connectivity index (χ0) is 10.8. The van der Waals surface area contributed by atoms with E-state index in [1.165, 1.54) is 0 Å². The van der Waals surface area contributed by atoms with E-state index >= 15 is 0 Å². The molecule has 1 rings (SSSR count). The first kappa shape index (κ1) is 10.8. The van der Waals surface area contributed by atoms with Crippen LogP contribution in [0.15, 0.2) is 11.0 Å². The van der Waals surface area contributed by atoms with E-state index in [1.54, 1.807) is 0 Å². The van der Waals surface area contributed by atoms with Crippen LogP contribution in [0.3, 0.4) is 0 Å². The van der Waals surface area contributed by atoms with Gasteiger partial charge in [0, 0.05) is 0 Å². The van der Waals surface area contributed by atoms with Crippen LogP contribution in [0.5, 0.6) is 5.75 Å². The number of aromatic amines is 1. The smallest absolute Gasteiger partial charge is 0.422 e. The maximum atomic E-state index is 11.7. The van der Waals surface area contributed by atoms with Gasteiger partial charge in [0.1, 0.15) is 0 Å². The van der Waals surface area contributed by atoms with Gasteiger partial charge >= 0.3 is 6.18 Å². The molecule has 1 aromatic heterocycles. The Morgan fingerprint density at radius 1 is 1.57 bits per heavy atom. The zero-order valence-corrected chi connectivity index (χ0v) is 7.32. The lowest BCUT2D eigenvalue weighted by Gasteiger charge is -2.08. The number of halogens is 4. The van der Waals surface area contributed by atoms with Gasteiger partial charge in [0.15, 0.2) is 17.4 Å². The molecule has 0 aromatic carbocycles. The summed E-state index contributed by atoms with van der Waals surface area (Å²) in [6, 6.07) is 0. The number of nitrogens with zero attached hydrogens (tertiary/aromatic N) is 1. The fourth-order valence-electron chi connectivity index (χ4n) is 0.627. The molecule has 0 atom stereocenters. The van der Waals surface area contributed by atoms with Crippen LogP contribution in [-0.4, -0.2) is 23.0 Å². The Kier molecular flexibility index (Phi) is 3.00. The molecule has 0 fully saturated rings. The fourth-order valence-corrected chi connectivity index (χ4v) is 0.773. The first-order valence-corrected chi connectivity index (χ1v) is 3.70. The lowest BCUT2D eigenvalue weighted by Crippen LogP contribution is -2.20. The van der Waals surface area contributed by atoms with E-state index in [0.717, 1.165) is 6.20 Å². The second-order valence-corrected chi connectivity index (χ2v) is 2.66. The van der Waals surface area contributed by atoms with Crippen LogP contribution < -0.4 is 10.3 Å². The highest BCUT2D eigenvalue weighted by Gasteiger charge is 2.29. The van der Waals surface area contributed by atoms with Gasteiger partial charge in [-0.3, -0.25) is 4.79 Å². The Bertz CT molecular complexity index is 376. The van der Waals surface area contributed by atoms with Crippen LogP contribution >= 0.6 is 11.6 Å². The van der Waals surface area contributed by atoms with Crippen molar-refractivity contribution in [2.45, 2.75) is 6.18 Å². The summed E-state index contributed by atoms with van der Waals surface area (Å²) in [4.78, 5) is 10.8. The van der Waals surface area contributed by atoms with Crippen LogP contribution in [0.25, 0.3) is 0 Å². The third kappa shape index (κ3) is 2.91. The highest BCUT2D eigenvalue weighted by molar-refractivity contribution is 6.31. The second-order valence-electron chi connectivity index (χ2n) is 2.28. The fraction of sp³-hybridized carbons (Fsp3) is 0.333. The van der Waals surface area contributed by atoms with Gasteiger partial charge in [-0.1, -0.05) is 11.6 Å². The predicted octanol–water partition coefficient (Wildman–Crippen LogP) is 1.36. The summed E-state index contributed by atoms with van der Waals surface area (Å²) < 4.78 is 39.3. The molecule has 0 radical (unpaired) electrons. The molecule has 0 aliphatic rings. The molecule has 0 saturated carbocycles. The SMILES string of the molecule is O=c1[nH]ncc(OCC(F)(F)F)c1Cl. The first-order valence-electron chi connectivity index (χ1n) is 3.33. The van der Waals surface area contributed by atoms with Crippen molar-refractivity contribution in [3.05, 3.63) is 21.6 Å². The highest BCUT2D eigenvalue weighted by atomic mass is 35.5. The van der Waals surface area contributed by atoms with Gasteiger partial charge in [0.2, 0.25) is 0 Å². The molecule has 0 bridgehead atoms. The largest absolute Gasteiger partial charge is 0.481 e. The molecule has 1 aromatic rings. The van der Waals surface area contributed by atoms with Crippen molar-refractivity contribution in [1.82, 2.24) is 10.2 Å². The van der Waals surface area contributed by atoms with Crippen molar-refractivity contribution >= 4 is 11.6 Å². The molecule has 1 heterocycles. The zero-order valence-electron chi connectivity index (χ0n) is 6.56. The Morgan fingerprint density at radius 3 is 2.79 bits per heavy atom. The summed E-state index contributed by atoms with van der Waals surface area (Å²) in [5, 5.41) is 4.72. The molecule has 0 aliphatic heterocycles. The summed E-state index contributed by atoms with van der Waals surface area (Å²) in [7, 11) is 0. The topological polar surface area (TPSA) is 55.0 Å². The molecular formula is C6H4ClF3N2O2. The summed E-state index contributed by atoms with van der Waals surface area (Å²) in [5.41, 5.74) is -0.800. The first-order chi connectivity index (χ1) is 6.40. The van der Waals surface area contributed by atoms with Crippen molar-refractivity contribution < 1.29 is 17.9 Å². The molecule has 0 unspecified atom stereocenters. The summed E-state index contributed by atoms with van der Waals surface area (Å²) in [6.07, 6.45) is -3.58. The van der Waals surface area contributed by atoms with Gasteiger partial charge in [0.25, 0.3) is 5.56 Å². The predicted molar refractivity (Wildman–Crippen MR) is 41.4 cm³/mol. The maximum Gasteiger partial charge on any atom is 0.422 e. The van der Waals surface area contributed by atoms with Crippen molar-refractivity contribution in [2.75, 3.05) is 6.61 Å². The Labute approximate surface area is 80.6 Å². The Morgan fingerprint density at radius 2 is 2.21 bits per heavy atom. The molecule has 0 spiro atoms. The van der Waals surface area contributed by atoms with E-state index in [0.29, 0.717) is 0 Å². The molecule has 4 nitrogen and oxygen atoms in total. The highest BCUT2D eigenvalue weighted by Crippen LogP contribution is 2.21. The number of nitrogens with one attached hydrogen (secondary N) is 1. The lowest BCUT2D eigenvalue weighted by molar-refractivity contribution is -0.153. The summed E-state index contributed by atoms with van der Waals surface area (Å²) in [5.74, 6) is -0.396. The molecule has 0 amide bonds. The van der Waals surface area contributed by atoms with E-state index < -0.39 is 29.1 Å². The average molecular weight is 229 g/mol. The monoisotopic (exact) mass is 228 g/mol. The standard InChI is InChI=1S/C6H4ClF3N2O2/c7-4-3(1-11-12-5(4)13)14-2-6(8,9)10/h1H,2H2,(H,12,13). The normalized spacial score (nSPS) is 11.4. The number of rotatable bonds is 2. The molecule has 78 valence electrons. The third-order valence-corrected chi connectivity index (χ3v) is 1.51. The van der Waals surface area contributed by atoms with Gasteiger partial charge in [-0.15, -0.1) is 0 Å². The number of hydrogen-bond acceptors (Lipinski definition) is 3. The second kappa shape index (κ2) is 3.87. The minimum Gasteiger partial charge on any atom is -0.481 e. The Balaban J connectivity index is 2.78. The number of hydrogen-bond donors (Lipinski definition) is 1. The lowest BCUT2D eigenvalue weighted by atomic mass is 10.5. The molecule has 0 saturated heterocycles. The quantitative estimate of drug-likeness (QED) is 0.832. The summed E-state index contributed by atoms with van der Waals surface area (Å²) >= 11 is 5.35. The molecular weight excluding hydrogens is 225 g/mol. The van der Waals surface area contributed by atoms with Crippen LogP contribution in [-0.2, 0) is 0 Å². The number of aromatic nitrogens is 2. The van der Waals surface area contributed by atoms with Gasteiger partial charge in [0.05, 0.1) is 6.20 Å². The van der Waals surface area contributed by atoms with E-state index in [4.69, 9.17) is 11.6 Å². The van der Waals surface area contributed by atoms with Crippen molar-refractivity contribution in [3.8, 4) is 5.75 Å². The van der Waals surface area contributed by atoms with Crippen LogP contribution in [0.1, 0.15) is 0 Å². The van der Waals surface area contributed by atoms with Crippen molar-refractivity contribution in [1.29, 1.82) is 0 Å². The van der Waals surface area contributed by atoms with Crippen molar-refractivity contribution in [3.63, 3.8) is 0 Å². The van der Waals surface area contributed by atoms with E-state index in [9.17, 15) is 18.0 Å². The number of ether oxygens (including phenoxy) is 1. The number of alkyl halides is 3. The van der Waals surface area contributed by atoms with Crippen LogP contribution in [0, 0.1) is 0 Å². The van der Waals surface area contributed by atoms with Gasteiger partial charge < -0.3 is 4.74 Å². The molecule has 0 aliphatic carbocycles. The summed E-state index contributed by atoms with van der Waals surface area (Å²) in [6.45, 7) is -1.52. The molecule has 1 N–H and O–H groups in total. The van der Waals surface area contributed by atoms with E-state index in [1.807, 2.05) is 5.10 Å². The van der Waals surface area contributed by atoms with Gasteiger partial charge in [-0.25, -0.2) is 5.10 Å². The van der Waals surface area contributed by atoms with Crippen molar-refractivity contribution in [2.24, 2.45) is 0 Å².